The number of carbonyl (C=O) groups is 1. The first-order valence-electron chi connectivity index (χ1n) is 9.39. The Morgan fingerprint density at radius 3 is 2.42 bits per heavy atom. The van der Waals surface area contributed by atoms with Crippen LogP contribution in [0.5, 0.6) is 5.75 Å². The Morgan fingerprint density at radius 2 is 1.73 bits per heavy atom. The van der Waals surface area contributed by atoms with Crippen LogP contribution in [0, 0.1) is 0 Å². The molecule has 1 aliphatic rings. The lowest BCUT2D eigenvalue weighted by Crippen LogP contribution is -2.46. The quantitative estimate of drug-likeness (QED) is 0.683. The number of benzene rings is 2. The van der Waals surface area contributed by atoms with Gasteiger partial charge >= 0.3 is 0 Å². The molecule has 138 valence electrons. The monoisotopic (exact) mass is 352 g/mol. The Labute approximate surface area is 156 Å². The van der Waals surface area contributed by atoms with Crippen LogP contribution in [0.25, 0.3) is 0 Å². The van der Waals surface area contributed by atoms with Gasteiger partial charge < -0.3 is 9.64 Å². The standard InChI is InChI=1S/C22H28N2O2/c1-26-22-10-9-20(18-25)16-21(22)17-24-14-12-23(13-15-24)11-5-8-19-6-3-2-4-7-19/h2-4,6-7,9-10,16,18H,5,8,11-15,17H2,1H3. The van der Waals surface area contributed by atoms with Crippen LogP contribution in [0.15, 0.2) is 48.5 Å². The van der Waals surface area contributed by atoms with Gasteiger partial charge in [-0.1, -0.05) is 30.3 Å². The van der Waals surface area contributed by atoms with Crippen molar-refractivity contribution in [2.24, 2.45) is 0 Å². The molecule has 2 aromatic carbocycles. The zero-order valence-electron chi connectivity index (χ0n) is 15.6. The van der Waals surface area contributed by atoms with Gasteiger partial charge in [0.15, 0.2) is 0 Å². The van der Waals surface area contributed by atoms with Gasteiger partial charge in [0.25, 0.3) is 0 Å². The van der Waals surface area contributed by atoms with E-state index in [0.717, 1.165) is 63.3 Å². The highest BCUT2D eigenvalue weighted by Crippen LogP contribution is 2.21. The van der Waals surface area contributed by atoms with Crippen LogP contribution in [-0.4, -0.2) is 55.9 Å². The summed E-state index contributed by atoms with van der Waals surface area (Å²) in [7, 11) is 1.68. The lowest BCUT2D eigenvalue weighted by molar-refractivity contribution is 0.112. The second-order valence-corrected chi connectivity index (χ2v) is 6.90. The fraction of sp³-hybridized carbons (Fsp3) is 0.409. The number of piperazine rings is 1. The summed E-state index contributed by atoms with van der Waals surface area (Å²) in [6.45, 7) is 6.31. The summed E-state index contributed by atoms with van der Waals surface area (Å²) in [6.07, 6.45) is 3.25. The van der Waals surface area contributed by atoms with Crippen molar-refractivity contribution in [3.63, 3.8) is 0 Å². The van der Waals surface area contributed by atoms with Crippen LogP contribution in [0.2, 0.25) is 0 Å². The molecule has 0 amide bonds. The molecular formula is C22H28N2O2. The molecule has 0 N–H and O–H groups in total. The van der Waals surface area contributed by atoms with E-state index in [-0.39, 0.29) is 0 Å². The first-order valence-corrected chi connectivity index (χ1v) is 9.39. The highest BCUT2D eigenvalue weighted by atomic mass is 16.5. The summed E-state index contributed by atoms with van der Waals surface area (Å²) in [6, 6.07) is 16.3. The van der Waals surface area contributed by atoms with E-state index in [9.17, 15) is 4.79 Å². The van der Waals surface area contributed by atoms with Crippen LogP contribution in [-0.2, 0) is 13.0 Å². The van der Waals surface area contributed by atoms with Gasteiger partial charge in [0.1, 0.15) is 12.0 Å². The molecule has 0 aliphatic carbocycles. The van der Waals surface area contributed by atoms with Crippen molar-refractivity contribution in [3.05, 3.63) is 65.2 Å². The maximum absolute atomic E-state index is 11.0. The number of nitrogens with zero attached hydrogens (tertiary/aromatic N) is 2. The first-order chi connectivity index (χ1) is 12.8. The maximum atomic E-state index is 11.0. The zero-order chi connectivity index (χ0) is 18.2. The topological polar surface area (TPSA) is 32.8 Å². The highest BCUT2D eigenvalue weighted by Gasteiger charge is 2.18. The van der Waals surface area contributed by atoms with E-state index >= 15 is 0 Å². The number of ether oxygens (including phenoxy) is 1. The second-order valence-electron chi connectivity index (χ2n) is 6.90. The molecule has 4 nitrogen and oxygen atoms in total. The summed E-state index contributed by atoms with van der Waals surface area (Å²) >= 11 is 0. The minimum Gasteiger partial charge on any atom is -0.496 e. The predicted octanol–water partition coefficient (Wildman–Crippen LogP) is 3.26. The molecule has 0 atom stereocenters. The Hall–Kier alpha value is -2.17. The molecule has 3 rings (SSSR count). The molecule has 1 aliphatic heterocycles. The van der Waals surface area contributed by atoms with Crippen LogP contribution < -0.4 is 4.74 Å². The molecule has 4 heteroatoms. The van der Waals surface area contributed by atoms with Crippen molar-refractivity contribution < 1.29 is 9.53 Å². The summed E-state index contributed by atoms with van der Waals surface area (Å²) in [5.41, 5.74) is 3.23. The average Bonchev–Trinajstić information content (AvgIpc) is 2.70. The van der Waals surface area contributed by atoms with Gasteiger partial charge in [-0.25, -0.2) is 0 Å². The lowest BCUT2D eigenvalue weighted by atomic mass is 10.1. The smallest absolute Gasteiger partial charge is 0.150 e. The van der Waals surface area contributed by atoms with Crippen molar-refractivity contribution >= 4 is 6.29 Å². The number of rotatable bonds is 8. The van der Waals surface area contributed by atoms with E-state index in [0.29, 0.717) is 5.56 Å². The van der Waals surface area contributed by atoms with Gasteiger partial charge in [0.05, 0.1) is 7.11 Å². The zero-order valence-corrected chi connectivity index (χ0v) is 15.6. The van der Waals surface area contributed by atoms with E-state index in [1.165, 1.54) is 12.0 Å². The van der Waals surface area contributed by atoms with Crippen molar-refractivity contribution in [1.29, 1.82) is 0 Å². The molecule has 0 radical (unpaired) electrons. The van der Waals surface area contributed by atoms with Gasteiger partial charge in [0.2, 0.25) is 0 Å². The normalized spacial score (nSPS) is 15.7. The van der Waals surface area contributed by atoms with E-state index in [2.05, 4.69) is 40.1 Å². The van der Waals surface area contributed by atoms with Crippen molar-refractivity contribution in [1.82, 2.24) is 9.80 Å². The SMILES string of the molecule is COc1ccc(C=O)cc1CN1CCN(CCCc2ccccc2)CC1. The van der Waals surface area contributed by atoms with Crippen LogP contribution >= 0.6 is 0 Å². The average molecular weight is 352 g/mol. The molecule has 1 heterocycles. The summed E-state index contributed by atoms with van der Waals surface area (Å²) < 4.78 is 5.45. The second kappa shape index (κ2) is 9.51. The molecule has 0 bridgehead atoms. The summed E-state index contributed by atoms with van der Waals surface area (Å²) in [4.78, 5) is 16.0. The lowest BCUT2D eigenvalue weighted by Gasteiger charge is -2.35. The first kappa shape index (κ1) is 18.6. The van der Waals surface area contributed by atoms with Crippen molar-refractivity contribution in [2.45, 2.75) is 19.4 Å². The molecule has 0 saturated carbocycles. The Bertz CT molecular complexity index is 695. The van der Waals surface area contributed by atoms with Gasteiger partial charge in [-0.3, -0.25) is 9.69 Å². The molecule has 0 unspecified atom stereocenters. The summed E-state index contributed by atoms with van der Waals surface area (Å²) in [5, 5.41) is 0. The minimum atomic E-state index is 0.709. The van der Waals surface area contributed by atoms with E-state index in [4.69, 9.17) is 4.74 Å². The number of aryl methyl sites for hydroxylation is 1. The van der Waals surface area contributed by atoms with Gasteiger partial charge in [-0.2, -0.15) is 0 Å². The third kappa shape index (κ3) is 5.16. The molecule has 26 heavy (non-hydrogen) atoms. The fourth-order valence-electron chi connectivity index (χ4n) is 3.56. The predicted molar refractivity (Wildman–Crippen MR) is 105 cm³/mol. The van der Waals surface area contributed by atoms with Gasteiger partial charge in [-0.05, 0) is 43.1 Å². The highest BCUT2D eigenvalue weighted by molar-refractivity contribution is 5.75. The molecule has 0 aromatic heterocycles. The Morgan fingerprint density at radius 1 is 1.00 bits per heavy atom. The number of methoxy groups -OCH3 is 1. The van der Waals surface area contributed by atoms with E-state index in [1.54, 1.807) is 13.2 Å². The summed E-state index contributed by atoms with van der Waals surface area (Å²) in [5.74, 6) is 0.862. The maximum Gasteiger partial charge on any atom is 0.150 e. The molecule has 1 fully saturated rings. The van der Waals surface area contributed by atoms with E-state index in [1.807, 2.05) is 12.1 Å². The van der Waals surface area contributed by atoms with Crippen LogP contribution in [0.3, 0.4) is 0 Å². The van der Waals surface area contributed by atoms with Gasteiger partial charge in [-0.15, -0.1) is 0 Å². The minimum absolute atomic E-state index is 0.709. The third-order valence-electron chi connectivity index (χ3n) is 5.08. The molecule has 0 spiro atoms. The molecule has 1 saturated heterocycles. The Kier molecular flexibility index (Phi) is 6.81. The van der Waals surface area contributed by atoms with Crippen molar-refractivity contribution in [3.8, 4) is 5.75 Å². The number of aldehydes is 1. The Balaban J connectivity index is 1.44. The third-order valence-corrected chi connectivity index (χ3v) is 5.08. The van der Waals surface area contributed by atoms with Gasteiger partial charge in [0, 0.05) is 43.9 Å². The fourth-order valence-corrected chi connectivity index (χ4v) is 3.56. The molecular weight excluding hydrogens is 324 g/mol. The van der Waals surface area contributed by atoms with E-state index < -0.39 is 0 Å². The molecule has 2 aromatic rings. The number of carbonyl (C=O) groups excluding carboxylic acids is 1. The van der Waals surface area contributed by atoms with Crippen molar-refractivity contribution in [2.75, 3.05) is 39.8 Å². The van der Waals surface area contributed by atoms with Crippen LogP contribution in [0.1, 0.15) is 27.9 Å². The largest absolute Gasteiger partial charge is 0.496 e. The van der Waals surface area contributed by atoms with Crippen LogP contribution in [0.4, 0.5) is 0 Å². The number of hydrogen-bond donors (Lipinski definition) is 0. The number of hydrogen-bond acceptors (Lipinski definition) is 4.